The molecule has 1 N–H and O–H groups in total. The molecule has 0 radical (unpaired) electrons. The van der Waals surface area contributed by atoms with Crippen LogP contribution in [-0.2, 0) is 0 Å². The van der Waals surface area contributed by atoms with Crippen molar-refractivity contribution in [1.29, 1.82) is 0 Å². The summed E-state index contributed by atoms with van der Waals surface area (Å²) in [6.07, 6.45) is 7.69. The lowest BCUT2D eigenvalue weighted by Crippen LogP contribution is -2.31. The van der Waals surface area contributed by atoms with E-state index in [-0.39, 0.29) is 0 Å². The van der Waals surface area contributed by atoms with Crippen molar-refractivity contribution < 1.29 is 0 Å². The molecule has 0 aromatic heterocycles. The second-order valence-electron chi connectivity index (χ2n) is 7.19. The zero-order chi connectivity index (χ0) is 12.4. The van der Waals surface area contributed by atoms with Gasteiger partial charge >= 0.3 is 0 Å². The molecule has 0 aromatic rings. The minimum absolute atomic E-state index is 0.632. The van der Waals surface area contributed by atoms with E-state index in [1.54, 1.807) is 25.7 Å². The van der Waals surface area contributed by atoms with Crippen molar-refractivity contribution in [2.24, 2.45) is 29.6 Å². The third-order valence-corrected chi connectivity index (χ3v) is 5.38. The second-order valence-corrected chi connectivity index (χ2v) is 7.19. The van der Waals surface area contributed by atoms with Crippen molar-refractivity contribution in [2.75, 3.05) is 6.54 Å². The van der Waals surface area contributed by atoms with Crippen LogP contribution < -0.4 is 5.32 Å². The largest absolute Gasteiger partial charge is 0.314 e. The zero-order valence-corrected chi connectivity index (χ0v) is 12.2. The molecule has 0 amide bonds. The Morgan fingerprint density at radius 2 is 1.76 bits per heavy atom. The first kappa shape index (κ1) is 13.4. The summed E-state index contributed by atoms with van der Waals surface area (Å²) in [6, 6.07) is 0.632. The highest BCUT2D eigenvalue weighted by atomic mass is 14.9. The number of fused-ring (bicyclic) bond motifs is 2. The molecule has 100 valence electrons. The lowest BCUT2D eigenvalue weighted by molar-refractivity contribution is 0.232. The Hall–Kier alpha value is -0.0400. The summed E-state index contributed by atoms with van der Waals surface area (Å²) in [6.45, 7) is 10.6. The molecule has 0 spiro atoms. The summed E-state index contributed by atoms with van der Waals surface area (Å²) in [4.78, 5) is 0. The van der Waals surface area contributed by atoms with E-state index in [1.807, 2.05) is 0 Å². The average molecular weight is 237 g/mol. The first-order valence-corrected chi connectivity index (χ1v) is 7.79. The van der Waals surface area contributed by atoms with E-state index in [4.69, 9.17) is 0 Å². The van der Waals surface area contributed by atoms with Gasteiger partial charge in [-0.05, 0) is 61.8 Å². The highest BCUT2D eigenvalue weighted by Gasteiger charge is 2.39. The van der Waals surface area contributed by atoms with Crippen LogP contribution in [0.4, 0.5) is 0 Å². The molecule has 1 heteroatoms. The SMILES string of the molecule is CC(C)NCC(C)C(C)CC1CC2CCC1C2. The minimum Gasteiger partial charge on any atom is -0.314 e. The first-order chi connectivity index (χ1) is 8.06. The van der Waals surface area contributed by atoms with Gasteiger partial charge in [-0.3, -0.25) is 0 Å². The topological polar surface area (TPSA) is 12.0 Å². The predicted octanol–water partition coefficient (Wildman–Crippen LogP) is 4.08. The van der Waals surface area contributed by atoms with E-state index in [1.165, 1.54) is 13.0 Å². The highest BCUT2D eigenvalue weighted by Crippen LogP contribution is 2.50. The summed E-state index contributed by atoms with van der Waals surface area (Å²) >= 11 is 0. The number of nitrogens with one attached hydrogen (secondary N) is 1. The Labute approximate surface area is 108 Å². The van der Waals surface area contributed by atoms with Crippen LogP contribution >= 0.6 is 0 Å². The number of hydrogen-bond donors (Lipinski definition) is 1. The zero-order valence-electron chi connectivity index (χ0n) is 12.2. The van der Waals surface area contributed by atoms with E-state index >= 15 is 0 Å². The Morgan fingerprint density at radius 1 is 1.00 bits per heavy atom. The molecule has 0 aliphatic heterocycles. The van der Waals surface area contributed by atoms with Crippen LogP contribution in [0.2, 0.25) is 0 Å². The van der Waals surface area contributed by atoms with Crippen molar-refractivity contribution >= 4 is 0 Å². The lowest BCUT2D eigenvalue weighted by atomic mass is 9.79. The van der Waals surface area contributed by atoms with Gasteiger partial charge in [0.25, 0.3) is 0 Å². The maximum atomic E-state index is 3.59. The molecule has 1 nitrogen and oxygen atoms in total. The fourth-order valence-corrected chi connectivity index (χ4v) is 4.00. The summed E-state index contributed by atoms with van der Waals surface area (Å²) in [5.74, 6) is 5.02. The quantitative estimate of drug-likeness (QED) is 0.734. The van der Waals surface area contributed by atoms with Crippen LogP contribution in [0.1, 0.15) is 59.8 Å². The molecule has 0 heterocycles. The van der Waals surface area contributed by atoms with Crippen LogP contribution in [0.5, 0.6) is 0 Å². The van der Waals surface area contributed by atoms with Crippen molar-refractivity contribution in [3.63, 3.8) is 0 Å². The van der Waals surface area contributed by atoms with Crippen molar-refractivity contribution in [3.05, 3.63) is 0 Å². The summed E-state index contributed by atoms with van der Waals surface area (Å²) < 4.78 is 0. The Balaban J connectivity index is 1.71. The molecule has 0 aromatic carbocycles. The fraction of sp³-hybridized carbons (Fsp3) is 1.00. The van der Waals surface area contributed by atoms with E-state index < -0.39 is 0 Å². The standard InChI is InChI=1S/C16H31N/c1-11(2)17-10-13(4)12(3)7-16-9-14-5-6-15(16)8-14/h11-17H,5-10H2,1-4H3. The monoisotopic (exact) mass is 237 g/mol. The van der Waals surface area contributed by atoms with Gasteiger partial charge in [-0.15, -0.1) is 0 Å². The molecule has 2 rings (SSSR count). The lowest BCUT2D eigenvalue weighted by Gasteiger charge is -2.28. The number of hydrogen-bond acceptors (Lipinski definition) is 1. The van der Waals surface area contributed by atoms with Gasteiger partial charge < -0.3 is 5.32 Å². The minimum atomic E-state index is 0.632. The van der Waals surface area contributed by atoms with Crippen LogP contribution in [-0.4, -0.2) is 12.6 Å². The van der Waals surface area contributed by atoms with Crippen LogP contribution in [0, 0.1) is 29.6 Å². The molecular weight excluding hydrogens is 206 g/mol. The highest BCUT2D eigenvalue weighted by molar-refractivity contribution is 4.90. The van der Waals surface area contributed by atoms with Gasteiger partial charge in [0.2, 0.25) is 0 Å². The van der Waals surface area contributed by atoms with Crippen LogP contribution in [0.25, 0.3) is 0 Å². The molecule has 2 aliphatic rings. The Morgan fingerprint density at radius 3 is 2.29 bits per heavy atom. The van der Waals surface area contributed by atoms with Gasteiger partial charge in [0.15, 0.2) is 0 Å². The van der Waals surface area contributed by atoms with Gasteiger partial charge in [-0.2, -0.15) is 0 Å². The van der Waals surface area contributed by atoms with Crippen LogP contribution in [0.15, 0.2) is 0 Å². The van der Waals surface area contributed by atoms with Gasteiger partial charge in [0, 0.05) is 6.04 Å². The molecule has 17 heavy (non-hydrogen) atoms. The summed E-state index contributed by atoms with van der Waals surface area (Å²) in [5.41, 5.74) is 0. The summed E-state index contributed by atoms with van der Waals surface area (Å²) in [7, 11) is 0. The average Bonchev–Trinajstić information content (AvgIpc) is 2.87. The first-order valence-electron chi connectivity index (χ1n) is 7.79. The second kappa shape index (κ2) is 5.73. The van der Waals surface area contributed by atoms with E-state index in [0.29, 0.717) is 6.04 Å². The van der Waals surface area contributed by atoms with Gasteiger partial charge in [0.1, 0.15) is 0 Å². The van der Waals surface area contributed by atoms with E-state index in [2.05, 4.69) is 33.0 Å². The molecule has 2 fully saturated rings. The Kier molecular flexibility index (Phi) is 4.52. The fourth-order valence-electron chi connectivity index (χ4n) is 4.00. The van der Waals surface area contributed by atoms with Crippen molar-refractivity contribution in [3.8, 4) is 0 Å². The molecule has 5 atom stereocenters. The maximum Gasteiger partial charge on any atom is 0.00104 e. The van der Waals surface area contributed by atoms with E-state index in [9.17, 15) is 0 Å². The maximum absolute atomic E-state index is 3.59. The van der Waals surface area contributed by atoms with Gasteiger partial charge in [-0.1, -0.05) is 34.1 Å². The molecular formula is C16H31N. The van der Waals surface area contributed by atoms with Crippen molar-refractivity contribution in [1.82, 2.24) is 5.32 Å². The molecule has 5 unspecified atom stereocenters. The van der Waals surface area contributed by atoms with Crippen LogP contribution in [0.3, 0.4) is 0 Å². The van der Waals surface area contributed by atoms with Gasteiger partial charge in [-0.25, -0.2) is 0 Å². The van der Waals surface area contributed by atoms with E-state index in [0.717, 1.165) is 29.6 Å². The number of rotatable bonds is 6. The molecule has 2 bridgehead atoms. The smallest absolute Gasteiger partial charge is 0.00104 e. The van der Waals surface area contributed by atoms with Gasteiger partial charge in [0.05, 0.1) is 0 Å². The molecule has 2 aliphatic carbocycles. The molecule has 0 saturated heterocycles. The Bertz CT molecular complexity index is 236. The third-order valence-electron chi connectivity index (χ3n) is 5.38. The summed E-state index contributed by atoms with van der Waals surface area (Å²) in [5, 5.41) is 3.59. The molecule has 2 saturated carbocycles. The van der Waals surface area contributed by atoms with Crippen molar-refractivity contribution in [2.45, 2.75) is 65.8 Å². The normalized spacial score (nSPS) is 35.5. The predicted molar refractivity (Wildman–Crippen MR) is 75.0 cm³/mol. The third kappa shape index (κ3) is 3.47.